The molecule has 6 heteroatoms. The first-order valence-corrected chi connectivity index (χ1v) is 11.2. The molecule has 1 heterocycles. The van der Waals surface area contributed by atoms with Gasteiger partial charge in [-0.05, 0) is 61.3 Å². The number of aliphatic hydroxyl groups excluding tert-OH is 2. The molecule has 0 aromatic heterocycles. The van der Waals surface area contributed by atoms with Crippen molar-refractivity contribution in [3.63, 3.8) is 0 Å². The maximum atomic E-state index is 9.30. The van der Waals surface area contributed by atoms with Crippen LogP contribution in [-0.2, 0) is 0 Å². The lowest BCUT2D eigenvalue weighted by Crippen LogP contribution is -2.38. The molecule has 3 atom stereocenters. The Morgan fingerprint density at radius 3 is 2.63 bits per heavy atom. The van der Waals surface area contributed by atoms with Crippen LogP contribution in [0.2, 0.25) is 0 Å². The van der Waals surface area contributed by atoms with Gasteiger partial charge in [0.05, 0.1) is 19.3 Å². The number of nitrogens with zero attached hydrogens (tertiary/aromatic N) is 2. The van der Waals surface area contributed by atoms with E-state index in [4.69, 9.17) is 5.73 Å². The smallest absolute Gasteiger partial charge is 0.0743 e. The number of hydrogen-bond donors (Lipinski definition) is 4. The fourth-order valence-corrected chi connectivity index (χ4v) is 5.15. The highest BCUT2D eigenvalue weighted by Crippen LogP contribution is 2.40. The maximum absolute atomic E-state index is 9.30. The molecule has 0 aromatic rings. The number of allylic oxidation sites excluding steroid dienone is 5. The van der Waals surface area contributed by atoms with E-state index in [0.29, 0.717) is 13.1 Å². The topological polar surface area (TPSA) is 94.1 Å². The van der Waals surface area contributed by atoms with E-state index in [-0.39, 0.29) is 31.2 Å². The second kappa shape index (κ2) is 9.77. The molecule has 0 bridgehead atoms. The summed E-state index contributed by atoms with van der Waals surface area (Å²) in [6, 6.07) is 0.470. The van der Waals surface area contributed by atoms with Crippen molar-refractivity contribution in [3.8, 4) is 0 Å². The van der Waals surface area contributed by atoms with Crippen LogP contribution >= 0.6 is 0 Å². The van der Waals surface area contributed by atoms with Crippen molar-refractivity contribution < 1.29 is 10.2 Å². The molecule has 0 radical (unpaired) electrons. The zero-order chi connectivity index (χ0) is 20.9. The number of aliphatic hydroxyl groups is 2. The highest BCUT2D eigenvalue weighted by atomic mass is 16.3. The molecule has 0 spiro atoms. The molecule has 0 saturated heterocycles. The number of hydrogen-bond acceptors (Lipinski definition) is 6. The Morgan fingerprint density at radius 1 is 1.10 bits per heavy atom. The zero-order valence-electron chi connectivity index (χ0n) is 17.6. The van der Waals surface area contributed by atoms with E-state index >= 15 is 0 Å². The molecule has 162 valence electrons. The van der Waals surface area contributed by atoms with E-state index in [0.717, 1.165) is 31.4 Å². The van der Waals surface area contributed by atoms with E-state index in [1.165, 1.54) is 35.1 Å². The number of fused-ring (bicyclic) bond motifs is 1. The van der Waals surface area contributed by atoms with Crippen molar-refractivity contribution >= 4 is 6.21 Å². The van der Waals surface area contributed by atoms with Gasteiger partial charge in [0.15, 0.2) is 0 Å². The summed E-state index contributed by atoms with van der Waals surface area (Å²) < 4.78 is 0. The third-order valence-electron chi connectivity index (χ3n) is 6.70. The van der Waals surface area contributed by atoms with Gasteiger partial charge in [-0.1, -0.05) is 29.9 Å². The van der Waals surface area contributed by atoms with Crippen molar-refractivity contribution in [1.29, 1.82) is 0 Å². The molecule has 5 N–H and O–H groups in total. The molecule has 4 rings (SSSR count). The SMILES string of the molecule is NC1=C(C2=C(CC3=CCC(N(CCO)CCO)C=C3)CCCC2)C2C=NNC2C=C1. The van der Waals surface area contributed by atoms with Crippen LogP contribution in [0.25, 0.3) is 0 Å². The first-order valence-electron chi connectivity index (χ1n) is 11.2. The van der Waals surface area contributed by atoms with Gasteiger partial charge >= 0.3 is 0 Å². The van der Waals surface area contributed by atoms with Crippen LogP contribution < -0.4 is 11.2 Å². The van der Waals surface area contributed by atoms with E-state index in [1.54, 1.807) is 0 Å². The third-order valence-corrected chi connectivity index (χ3v) is 6.70. The molecule has 0 amide bonds. The minimum Gasteiger partial charge on any atom is -0.398 e. The molecule has 6 nitrogen and oxygen atoms in total. The molecular weight excluding hydrogens is 376 g/mol. The summed E-state index contributed by atoms with van der Waals surface area (Å²) in [5, 5.41) is 22.9. The van der Waals surface area contributed by atoms with Gasteiger partial charge in [-0.3, -0.25) is 4.90 Å². The minimum absolute atomic E-state index is 0.114. The van der Waals surface area contributed by atoms with E-state index in [9.17, 15) is 10.2 Å². The third kappa shape index (κ3) is 4.46. The number of nitrogens with one attached hydrogen (secondary N) is 1. The first-order chi connectivity index (χ1) is 14.7. The Morgan fingerprint density at radius 2 is 1.90 bits per heavy atom. The van der Waals surface area contributed by atoms with Crippen LogP contribution in [0.3, 0.4) is 0 Å². The Hall–Kier alpha value is -2.15. The highest BCUT2D eigenvalue weighted by molar-refractivity contribution is 5.73. The number of hydrazone groups is 1. The second-order valence-electron chi connectivity index (χ2n) is 8.58. The van der Waals surface area contributed by atoms with E-state index < -0.39 is 0 Å². The zero-order valence-corrected chi connectivity index (χ0v) is 17.6. The predicted octanol–water partition coefficient (Wildman–Crippen LogP) is 2.14. The largest absolute Gasteiger partial charge is 0.398 e. The highest BCUT2D eigenvalue weighted by Gasteiger charge is 2.33. The lowest BCUT2D eigenvalue weighted by atomic mass is 9.76. The fourth-order valence-electron chi connectivity index (χ4n) is 5.15. The molecule has 0 aromatic carbocycles. The second-order valence-corrected chi connectivity index (χ2v) is 8.58. The van der Waals surface area contributed by atoms with Crippen molar-refractivity contribution in [3.05, 3.63) is 58.4 Å². The Kier molecular flexibility index (Phi) is 6.87. The van der Waals surface area contributed by atoms with Crippen molar-refractivity contribution in [2.45, 2.75) is 50.6 Å². The summed E-state index contributed by atoms with van der Waals surface area (Å²) >= 11 is 0. The lowest BCUT2D eigenvalue weighted by molar-refractivity contribution is 0.139. The van der Waals surface area contributed by atoms with Gasteiger partial charge in [0.2, 0.25) is 0 Å². The van der Waals surface area contributed by atoms with Crippen LogP contribution in [0.1, 0.15) is 38.5 Å². The summed E-state index contributed by atoms with van der Waals surface area (Å²) in [5.41, 5.74) is 16.1. The summed E-state index contributed by atoms with van der Waals surface area (Å²) in [4.78, 5) is 2.14. The normalized spacial score (nSPS) is 28.2. The van der Waals surface area contributed by atoms with Crippen LogP contribution in [-0.4, -0.2) is 59.7 Å². The standard InChI is InChI=1S/C24H34N4O2/c25-22-9-10-23-21(16-26-27-23)24(22)20-4-2-1-3-18(20)15-17-5-7-19(8-6-17)28(11-13-29)12-14-30/h5-7,9-10,16,19,21,23,27,29-30H,1-4,8,11-15,25H2. The Balaban J connectivity index is 1.52. The van der Waals surface area contributed by atoms with Gasteiger partial charge in [-0.15, -0.1) is 0 Å². The molecule has 3 aliphatic carbocycles. The lowest BCUT2D eigenvalue weighted by Gasteiger charge is -2.31. The summed E-state index contributed by atoms with van der Waals surface area (Å²) in [6.45, 7) is 1.41. The van der Waals surface area contributed by atoms with Crippen LogP contribution in [0.4, 0.5) is 0 Å². The van der Waals surface area contributed by atoms with Crippen molar-refractivity contribution in [2.24, 2.45) is 16.8 Å². The fraction of sp³-hybridized carbons (Fsp3) is 0.542. The average Bonchev–Trinajstić information content (AvgIpc) is 3.24. The van der Waals surface area contributed by atoms with Crippen LogP contribution in [0, 0.1) is 5.92 Å². The first kappa shape index (κ1) is 21.1. The molecule has 0 fully saturated rings. The van der Waals surface area contributed by atoms with Gasteiger partial charge in [0.25, 0.3) is 0 Å². The maximum Gasteiger partial charge on any atom is 0.0743 e. The summed E-state index contributed by atoms with van der Waals surface area (Å²) in [6.07, 6.45) is 19.5. The average molecular weight is 411 g/mol. The van der Waals surface area contributed by atoms with E-state index in [1.807, 2.05) is 12.3 Å². The predicted molar refractivity (Wildman–Crippen MR) is 121 cm³/mol. The van der Waals surface area contributed by atoms with Crippen molar-refractivity contribution in [2.75, 3.05) is 26.3 Å². The van der Waals surface area contributed by atoms with Crippen LogP contribution in [0.5, 0.6) is 0 Å². The molecule has 3 unspecified atom stereocenters. The molecular formula is C24H34N4O2. The summed E-state index contributed by atoms with van der Waals surface area (Å²) in [7, 11) is 0. The van der Waals surface area contributed by atoms with Gasteiger partial charge in [-0.2, -0.15) is 5.10 Å². The van der Waals surface area contributed by atoms with Crippen LogP contribution in [0.15, 0.2) is 63.5 Å². The Labute approximate surface area is 179 Å². The van der Waals surface area contributed by atoms with Gasteiger partial charge in [0, 0.05) is 37.0 Å². The van der Waals surface area contributed by atoms with Gasteiger partial charge < -0.3 is 21.4 Å². The number of rotatable bonds is 8. The molecule has 1 aliphatic heterocycles. The number of nitrogens with two attached hydrogens (primary N) is 1. The Bertz CT molecular complexity index is 815. The van der Waals surface area contributed by atoms with Crippen molar-refractivity contribution in [1.82, 2.24) is 10.3 Å². The minimum atomic E-state index is 0.114. The quantitative estimate of drug-likeness (QED) is 0.492. The molecule has 30 heavy (non-hydrogen) atoms. The summed E-state index contributed by atoms with van der Waals surface area (Å²) in [5.74, 6) is 0.240. The molecule has 0 saturated carbocycles. The van der Waals surface area contributed by atoms with E-state index in [2.05, 4.69) is 39.7 Å². The molecule has 4 aliphatic rings. The monoisotopic (exact) mass is 410 g/mol. The van der Waals surface area contributed by atoms with Gasteiger partial charge in [0.1, 0.15) is 0 Å². The van der Waals surface area contributed by atoms with Gasteiger partial charge in [-0.25, -0.2) is 0 Å².